The van der Waals surface area contributed by atoms with Gasteiger partial charge in [0.05, 0.1) is 0 Å². The zero-order chi connectivity index (χ0) is 14.7. The van der Waals surface area contributed by atoms with Gasteiger partial charge in [-0.15, -0.1) is 0 Å². The van der Waals surface area contributed by atoms with E-state index in [0.717, 1.165) is 10.9 Å². The molecule has 1 aliphatic rings. The van der Waals surface area contributed by atoms with Gasteiger partial charge in [0.25, 0.3) is 0 Å². The van der Waals surface area contributed by atoms with Crippen molar-refractivity contribution in [2.24, 2.45) is 5.92 Å². The Hall–Kier alpha value is -1.36. The number of rotatable bonds is 5. The van der Waals surface area contributed by atoms with Crippen LogP contribution in [0, 0.1) is 5.92 Å². The predicted molar refractivity (Wildman–Crippen MR) is 81.3 cm³/mol. The molecule has 2 amide bonds. The summed E-state index contributed by atoms with van der Waals surface area (Å²) in [5.41, 5.74) is 1.20. The molecule has 2 rings (SSSR count). The van der Waals surface area contributed by atoms with E-state index in [1.807, 2.05) is 12.1 Å². The van der Waals surface area contributed by atoms with Gasteiger partial charge in [-0.3, -0.25) is 9.59 Å². The number of nitrogens with zero attached hydrogens (tertiary/aromatic N) is 1. The number of carbonyl (C=O) groups excluding carboxylic acids is 2. The fourth-order valence-electron chi connectivity index (χ4n) is 2.24. The highest BCUT2D eigenvalue weighted by Gasteiger charge is 2.43. The summed E-state index contributed by atoms with van der Waals surface area (Å²) in [6, 6.07) is 8.09. The molecular formula is C15H19BrN2O2. The third-order valence-corrected chi connectivity index (χ3v) is 4.03. The van der Waals surface area contributed by atoms with Crippen LogP contribution in [0.15, 0.2) is 28.7 Å². The minimum atomic E-state index is 0.0321. The second kappa shape index (κ2) is 6.39. The van der Waals surface area contributed by atoms with Crippen molar-refractivity contribution in [1.29, 1.82) is 0 Å². The minimum Gasteiger partial charge on any atom is -0.355 e. The van der Waals surface area contributed by atoms with E-state index in [0.29, 0.717) is 18.9 Å². The summed E-state index contributed by atoms with van der Waals surface area (Å²) >= 11 is 3.44. The molecule has 0 saturated heterocycles. The third-order valence-electron chi connectivity index (χ3n) is 3.54. The maximum atomic E-state index is 12.0. The van der Waals surface area contributed by atoms with E-state index >= 15 is 0 Å². The Bertz CT molecular complexity index is 516. The molecule has 0 unspecified atom stereocenters. The summed E-state index contributed by atoms with van der Waals surface area (Å²) < 4.78 is 1.04. The first kappa shape index (κ1) is 15.0. The molecule has 0 bridgehead atoms. The lowest BCUT2D eigenvalue weighted by Gasteiger charge is -2.10. The van der Waals surface area contributed by atoms with Gasteiger partial charge in [0.2, 0.25) is 11.8 Å². The fourth-order valence-corrected chi connectivity index (χ4v) is 2.65. The predicted octanol–water partition coefficient (Wildman–Crippen LogP) is 2.15. The molecule has 1 aromatic rings. The van der Waals surface area contributed by atoms with Gasteiger partial charge in [-0.2, -0.15) is 0 Å². The van der Waals surface area contributed by atoms with Crippen LogP contribution >= 0.6 is 15.9 Å². The molecule has 1 aliphatic carbocycles. The maximum Gasteiger partial charge on any atom is 0.223 e. The minimum absolute atomic E-state index is 0.0321. The van der Waals surface area contributed by atoms with Crippen molar-refractivity contribution in [3.05, 3.63) is 34.3 Å². The van der Waals surface area contributed by atoms with E-state index in [2.05, 4.69) is 33.4 Å². The highest BCUT2D eigenvalue weighted by atomic mass is 79.9. The lowest BCUT2D eigenvalue weighted by atomic mass is 10.1. The van der Waals surface area contributed by atoms with Gasteiger partial charge in [-0.1, -0.05) is 28.1 Å². The van der Waals surface area contributed by atoms with Crippen molar-refractivity contribution in [2.45, 2.75) is 18.8 Å². The Balaban J connectivity index is 1.77. The summed E-state index contributed by atoms with van der Waals surface area (Å²) in [5.74, 6) is 0.460. The van der Waals surface area contributed by atoms with E-state index in [1.165, 1.54) is 10.5 Å². The van der Waals surface area contributed by atoms with Crippen LogP contribution in [0.1, 0.15) is 24.3 Å². The average molecular weight is 339 g/mol. The average Bonchev–Trinajstić information content (AvgIpc) is 3.18. The summed E-state index contributed by atoms with van der Waals surface area (Å²) in [7, 11) is 3.43. The molecular weight excluding hydrogens is 320 g/mol. The molecule has 0 aliphatic heterocycles. The molecule has 1 N–H and O–H groups in total. The van der Waals surface area contributed by atoms with Crippen LogP contribution in [0.25, 0.3) is 0 Å². The van der Waals surface area contributed by atoms with Crippen LogP contribution in [-0.4, -0.2) is 37.4 Å². The molecule has 20 heavy (non-hydrogen) atoms. The fraction of sp³-hybridized carbons (Fsp3) is 0.467. The SMILES string of the molecule is CN(C)C(=O)CCNC(=O)[C@H]1C[C@H]1c1cccc(Br)c1. The van der Waals surface area contributed by atoms with E-state index in [1.54, 1.807) is 14.1 Å². The standard InChI is InChI=1S/C15H19BrN2O2/c1-18(2)14(19)6-7-17-15(20)13-9-12(13)10-4-3-5-11(16)8-10/h3-5,8,12-13H,6-7,9H2,1-2H3,(H,17,20)/t12-,13-/m0/s1. The summed E-state index contributed by atoms with van der Waals surface area (Å²) in [6.07, 6.45) is 1.25. The molecule has 0 radical (unpaired) electrons. The van der Waals surface area contributed by atoms with Gasteiger partial charge in [0.1, 0.15) is 0 Å². The van der Waals surface area contributed by atoms with Gasteiger partial charge in [-0.25, -0.2) is 0 Å². The highest BCUT2D eigenvalue weighted by Crippen LogP contribution is 2.47. The Morgan fingerprint density at radius 1 is 1.40 bits per heavy atom. The van der Waals surface area contributed by atoms with E-state index in [9.17, 15) is 9.59 Å². The number of carbonyl (C=O) groups is 2. The molecule has 1 saturated carbocycles. The van der Waals surface area contributed by atoms with Crippen molar-refractivity contribution < 1.29 is 9.59 Å². The van der Waals surface area contributed by atoms with Gasteiger partial charge in [-0.05, 0) is 30.0 Å². The number of nitrogens with one attached hydrogen (secondary N) is 1. The first-order valence-corrected chi connectivity index (χ1v) is 7.51. The van der Waals surface area contributed by atoms with E-state index in [-0.39, 0.29) is 17.7 Å². The first-order chi connectivity index (χ1) is 9.49. The lowest BCUT2D eigenvalue weighted by Crippen LogP contribution is -2.31. The molecule has 1 aromatic carbocycles. The molecule has 0 heterocycles. The van der Waals surface area contributed by atoms with Crippen LogP contribution in [0.2, 0.25) is 0 Å². The first-order valence-electron chi connectivity index (χ1n) is 6.72. The number of hydrogen-bond donors (Lipinski definition) is 1. The second-order valence-corrected chi connectivity index (χ2v) is 6.25. The quantitative estimate of drug-likeness (QED) is 0.894. The topological polar surface area (TPSA) is 49.4 Å². The summed E-state index contributed by atoms with van der Waals surface area (Å²) in [6.45, 7) is 0.414. The zero-order valence-electron chi connectivity index (χ0n) is 11.7. The molecule has 2 atom stereocenters. The molecule has 1 fully saturated rings. The smallest absolute Gasteiger partial charge is 0.223 e. The zero-order valence-corrected chi connectivity index (χ0v) is 13.3. The second-order valence-electron chi connectivity index (χ2n) is 5.33. The normalized spacial score (nSPS) is 20.4. The number of amides is 2. The Morgan fingerprint density at radius 2 is 2.15 bits per heavy atom. The van der Waals surface area contributed by atoms with Gasteiger partial charge < -0.3 is 10.2 Å². The van der Waals surface area contributed by atoms with Gasteiger partial charge >= 0.3 is 0 Å². The molecule has 108 valence electrons. The van der Waals surface area contributed by atoms with Gasteiger partial charge in [0.15, 0.2) is 0 Å². The van der Waals surface area contributed by atoms with Crippen molar-refractivity contribution in [3.8, 4) is 0 Å². The Morgan fingerprint density at radius 3 is 2.80 bits per heavy atom. The number of benzene rings is 1. The number of hydrogen-bond acceptors (Lipinski definition) is 2. The largest absolute Gasteiger partial charge is 0.355 e. The summed E-state index contributed by atoms with van der Waals surface area (Å²) in [5, 5.41) is 2.85. The maximum absolute atomic E-state index is 12.0. The van der Waals surface area contributed by atoms with Crippen LogP contribution < -0.4 is 5.32 Å². The lowest BCUT2D eigenvalue weighted by molar-refractivity contribution is -0.128. The molecule has 4 nitrogen and oxygen atoms in total. The Labute approximate surface area is 127 Å². The van der Waals surface area contributed by atoms with Crippen molar-refractivity contribution in [3.63, 3.8) is 0 Å². The van der Waals surface area contributed by atoms with Crippen molar-refractivity contribution >= 4 is 27.7 Å². The van der Waals surface area contributed by atoms with Crippen LogP contribution in [0.4, 0.5) is 0 Å². The van der Waals surface area contributed by atoms with Crippen molar-refractivity contribution in [1.82, 2.24) is 10.2 Å². The van der Waals surface area contributed by atoms with Crippen LogP contribution in [0.5, 0.6) is 0 Å². The highest BCUT2D eigenvalue weighted by molar-refractivity contribution is 9.10. The van der Waals surface area contributed by atoms with Gasteiger partial charge in [0, 0.05) is 37.5 Å². The Kier molecular flexibility index (Phi) is 4.81. The van der Waals surface area contributed by atoms with Crippen molar-refractivity contribution in [2.75, 3.05) is 20.6 Å². The molecule has 5 heteroatoms. The van der Waals surface area contributed by atoms with Crippen LogP contribution in [0.3, 0.4) is 0 Å². The summed E-state index contributed by atoms with van der Waals surface area (Å²) in [4.78, 5) is 24.9. The monoisotopic (exact) mass is 338 g/mol. The number of halogens is 1. The van der Waals surface area contributed by atoms with Crippen LogP contribution in [-0.2, 0) is 9.59 Å². The molecule has 0 spiro atoms. The van der Waals surface area contributed by atoms with E-state index < -0.39 is 0 Å². The molecule has 0 aromatic heterocycles. The van der Waals surface area contributed by atoms with E-state index in [4.69, 9.17) is 0 Å². The third kappa shape index (κ3) is 3.82.